The zero-order chi connectivity index (χ0) is 19.3. The molecule has 2 aliphatic rings. The Labute approximate surface area is 158 Å². The Hall–Kier alpha value is -2.40. The second kappa shape index (κ2) is 6.34. The number of carbonyl (C=O) groups is 1. The first-order valence-electron chi connectivity index (χ1n) is 9.49. The van der Waals surface area contributed by atoms with E-state index in [0.29, 0.717) is 23.5 Å². The second-order valence-electron chi connectivity index (χ2n) is 7.92. The van der Waals surface area contributed by atoms with Crippen molar-refractivity contribution in [3.63, 3.8) is 0 Å². The van der Waals surface area contributed by atoms with Crippen LogP contribution in [0.15, 0.2) is 21.4 Å². The van der Waals surface area contributed by atoms with E-state index in [-0.39, 0.29) is 18.3 Å². The molecule has 0 bridgehead atoms. The summed E-state index contributed by atoms with van der Waals surface area (Å²) in [6.45, 7) is 8.28. The second-order valence-corrected chi connectivity index (χ2v) is 7.92. The van der Waals surface area contributed by atoms with Crippen LogP contribution < -0.4 is 10.4 Å². The topological polar surface area (TPSA) is 65.7 Å². The molecule has 0 saturated carbocycles. The fourth-order valence-corrected chi connectivity index (χ4v) is 3.92. The Balaban J connectivity index is 2.16. The number of rotatable bonds is 2. The Bertz CT molecular complexity index is 1030. The molecule has 0 spiro atoms. The number of hydrogen-bond donors (Lipinski definition) is 0. The van der Waals surface area contributed by atoms with E-state index < -0.39 is 11.2 Å². The lowest BCUT2D eigenvalue weighted by atomic mass is 9.89. The zero-order valence-corrected chi connectivity index (χ0v) is 16.2. The van der Waals surface area contributed by atoms with Crippen molar-refractivity contribution in [1.82, 2.24) is 0 Å². The molecule has 1 aromatic heterocycles. The van der Waals surface area contributed by atoms with Crippen molar-refractivity contribution >= 4 is 22.8 Å². The number of aryl methyl sites for hydroxylation is 1. The van der Waals surface area contributed by atoms with Crippen molar-refractivity contribution in [2.75, 3.05) is 0 Å². The number of ether oxygens (including phenoxy) is 2. The predicted molar refractivity (Wildman–Crippen MR) is 103 cm³/mol. The summed E-state index contributed by atoms with van der Waals surface area (Å²) in [5.74, 6) is 0.460. The molecule has 0 saturated heterocycles. The molecule has 0 radical (unpaired) electrons. The van der Waals surface area contributed by atoms with Crippen molar-refractivity contribution < 1.29 is 18.7 Å². The average molecular weight is 368 g/mol. The van der Waals surface area contributed by atoms with Gasteiger partial charge in [-0.3, -0.25) is 4.79 Å². The minimum atomic E-state index is -0.441. The Kier molecular flexibility index (Phi) is 4.22. The largest absolute Gasteiger partial charge is 0.489 e. The first-order valence-corrected chi connectivity index (χ1v) is 9.49. The van der Waals surface area contributed by atoms with Gasteiger partial charge < -0.3 is 13.9 Å². The third-order valence-corrected chi connectivity index (χ3v) is 5.20. The summed E-state index contributed by atoms with van der Waals surface area (Å²) in [7, 11) is 0. The van der Waals surface area contributed by atoms with E-state index in [1.165, 1.54) is 6.07 Å². The molecule has 0 N–H and O–H groups in total. The highest BCUT2D eigenvalue weighted by Gasteiger charge is 2.34. The number of fused-ring (bicyclic) bond motifs is 6. The highest BCUT2D eigenvalue weighted by Crippen LogP contribution is 2.43. The average Bonchev–Trinajstić information content (AvgIpc) is 2.73. The smallest absolute Gasteiger partial charge is 0.336 e. The number of Topliss-reactive ketones (excluding diaryl/α,β-unsaturated/α-hetero) is 1. The lowest BCUT2D eigenvalue weighted by Gasteiger charge is -2.27. The first-order chi connectivity index (χ1) is 12.8. The van der Waals surface area contributed by atoms with Gasteiger partial charge in [0.2, 0.25) is 0 Å². The third kappa shape index (κ3) is 3.00. The summed E-state index contributed by atoms with van der Waals surface area (Å²) >= 11 is 0. The number of hydrogen-bond acceptors (Lipinski definition) is 5. The van der Waals surface area contributed by atoms with Crippen LogP contribution >= 0.6 is 0 Å². The molecule has 0 aliphatic carbocycles. The predicted octanol–water partition coefficient (Wildman–Crippen LogP) is 4.42. The van der Waals surface area contributed by atoms with Gasteiger partial charge in [0.15, 0.2) is 11.4 Å². The molecule has 1 aromatic carbocycles. The van der Waals surface area contributed by atoms with Gasteiger partial charge in [-0.1, -0.05) is 25.5 Å². The van der Waals surface area contributed by atoms with Crippen LogP contribution in [0, 0.1) is 0 Å². The van der Waals surface area contributed by atoms with Crippen LogP contribution in [-0.4, -0.2) is 17.5 Å². The summed E-state index contributed by atoms with van der Waals surface area (Å²) in [5, 5.41) is 0.819. The van der Waals surface area contributed by atoms with Crippen LogP contribution in [0.3, 0.4) is 0 Å². The van der Waals surface area contributed by atoms with Crippen LogP contribution in [0.1, 0.15) is 67.6 Å². The molecule has 0 amide bonds. The maximum Gasteiger partial charge on any atom is 0.336 e. The summed E-state index contributed by atoms with van der Waals surface area (Å²) in [5.41, 5.74) is 2.52. The van der Waals surface area contributed by atoms with Gasteiger partial charge in [0.1, 0.15) is 17.4 Å². The molecule has 2 aliphatic heterocycles. The highest BCUT2D eigenvalue weighted by molar-refractivity contribution is 6.12. The molecule has 2 aromatic rings. The zero-order valence-electron chi connectivity index (χ0n) is 16.2. The molecule has 3 heterocycles. The van der Waals surface area contributed by atoms with Crippen LogP contribution in [0.5, 0.6) is 5.75 Å². The monoisotopic (exact) mass is 368 g/mol. The summed E-state index contributed by atoms with van der Waals surface area (Å²) < 4.78 is 17.7. The molecule has 27 heavy (non-hydrogen) atoms. The molecule has 5 heteroatoms. The van der Waals surface area contributed by atoms with Gasteiger partial charge in [-0.15, -0.1) is 0 Å². The highest BCUT2D eigenvalue weighted by atomic mass is 16.5. The maximum absolute atomic E-state index is 12.9. The van der Waals surface area contributed by atoms with Gasteiger partial charge in [0.05, 0.1) is 12.2 Å². The van der Waals surface area contributed by atoms with E-state index in [9.17, 15) is 9.59 Å². The third-order valence-electron chi connectivity index (χ3n) is 5.20. The van der Waals surface area contributed by atoms with Crippen molar-refractivity contribution in [2.45, 2.75) is 65.3 Å². The first kappa shape index (κ1) is 18.0. The number of ketones is 1. The molecule has 1 unspecified atom stereocenters. The van der Waals surface area contributed by atoms with Crippen molar-refractivity contribution in [3.8, 4) is 5.75 Å². The molecule has 4 rings (SSSR count). The van der Waals surface area contributed by atoms with Crippen LogP contribution in [0.25, 0.3) is 17.0 Å². The molecule has 0 fully saturated rings. The molecule has 5 nitrogen and oxygen atoms in total. The maximum atomic E-state index is 12.9. The van der Waals surface area contributed by atoms with Gasteiger partial charge in [-0.2, -0.15) is 0 Å². The van der Waals surface area contributed by atoms with Crippen molar-refractivity contribution in [3.05, 3.63) is 44.8 Å². The number of carbonyl (C=O) groups excluding carboxylic acids is 1. The number of benzene rings is 1. The van der Waals surface area contributed by atoms with Crippen LogP contribution in [-0.2, 0) is 17.8 Å². The fraction of sp³-hybridized carbons (Fsp3) is 0.455. The Morgan fingerprint density at radius 2 is 2.04 bits per heavy atom. The van der Waals surface area contributed by atoms with E-state index >= 15 is 0 Å². The van der Waals surface area contributed by atoms with Gasteiger partial charge in [0, 0.05) is 23.4 Å². The quantitative estimate of drug-likeness (QED) is 0.734. The summed E-state index contributed by atoms with van der Waals surface area (Å²) in [4.78, 5) is 25.1. The van der Waals surface area contributed by atoms with Crippen LogP contribution in [0.2, 0.25) is 0 Å². The van der Waals surface area contributed by atoms with Crippen molar-refractivity contribution in [2.24, 2.45) is 0 Å². The normalized spacial score (nSPS) is 20.7. The van der Waals surface area contributed by atoms with Crippen molar-refractivity contribution in [1.29, 1.82) is 0 Å². The van der Waals surface area contributed by atoms with Gasteiger partial charge in [-0.05, 0) is 38.3 Å². The summed E-state index contributed by atoms with van der Waals surface area (Å²) in [6.07, 6.45) is 5.63. The Morgan fingerprint density at radius 1 is 1.26 bits per heavy atom. The van der Waals surface area contributed by atoms with E-state index in [2.05, 4.69) is 6.92 Å². The molecule has 1 atom stereocenters. The minimum Gasteiger partial charge on any atom is -0.489 e. The standard InChI is InChI=1S/C22H24O5/c1-5-6-13-10-17(24)27-21-18(13)15-11-25-22(3,4)8-7-14(15)20-19(21)16(23)9-12(2)26-20/h7-8,10,12H,5-6,9,11H2,1-4H3. The molecular weight excluding hydrogens is 344 g/mol. The van der Waals surface area contributed by atoms with E-state index in [0.717, 1.165) is 34.9 Å². The van der Waals surface area contributed by atoms with Gasteiger partial charge >= 0.3 is 5.63 Å². The summed E-state index contributed by atoms with van der Waals surface area (Å²) in [6, 6.07) is 1.54. The lowest BCUT2D eigenvalue weighted by Crippen LogP contribution is -2.26. The Morgan fingerprint density at radius 3 is 2.78 bits per heavy atom. The van der Waals surface area contributed by atoms with Gasteiger partial charge in [-0.25, -0.2) is 4.79 Å². The van der Waals surface area contributed by atoms with E-state index in [4.69, 9.17) is 13.9 Å². The molecule has 142 valence electrons. The van der Waals surface area contributed by atoms with Gasteiger partial charge in [0.25, 0.3) is 0 Å². The minimum absolute atomic E-state index is 0.0498. The van der Waals surface area contributed by atoms with Crippen LogP contribution in [0.4, 0.5) is 0 Å². The SMILES string of the molecule is CCCc1cc(=O)oc2c3c(c4c(c12)COC(C)(C)C=C4)OC(C)CC3=O. The fourth-order valence-electron chi connectivity index (χ4n) is 3.92. The van der Waals surface area contributed by atoms with E-state index in [1.54, 1.807) is 0 Å². The molecular formula is C22H24O5. The van der Waals surface area contributed by atoms with E-state index in [1.807, 2.05) is 32.9 Å². The lowest BCUT2D eigenvalue weighted by molar-refractivity contribution is 0.00941.